The highest BCUT2D eigenvalue weighted by atomic mass is 35.5. The van der Waals surface area contributed by atoms with E-state index in [0.717, 1.165) is 5.56 Å². The minimum absolute atomic E-state index is 0.326. The van der Waals surface area contributed by atoms with E-state index in [4.69, 9.17) is 11.6 Å². The van der Waals surface area contributed by atoms with Crippen molar-refractivity contribution in [1.82, 2.24) is 9.78 Å². The van der Waals surface area contributed by atoms with Crippen molar-refractivity contribution in [1.29, 1.82) is 0 Å². The molecule has 3 aromatic rings. The van der Waals surface area contributed by atoms with Crippen LogP contribution in [-0.2, 0) is 22.3 Å². The first-order valence-corrected chi connectivity index (χ1v) is 9.66. The highest BCUT2D eigenvalue weighted by Crippen LogP contribution is 2.31. The minimum atomic E-state index is -1.03. The zero-order chi connectivity index (χ0) is 18.3. The van der Waals surface area contributed by atoms with E-state index in [9.17, 15) is 13.4 Å². The fraction of sp³-hybridized carbons (Fsp3) is 0.111. The minimum Gasteiger partial charge on any atom is -0.306 e. The smallest absolute Gasteiger partial charge is 0.256 e. The third-order valence-electron chi connectivity index (χ3n) is 4.08. The Balaban J connectivity index is 1.74. The summed E-state index contributed by atoms with van der Waals surface area (Å²) in [5.74, 6) is 0.434. The molecule has 0 saturated heterocycles. The summed E-state index contributed by atoms with van der Waals surface area (Å²) in [7, 11) is -1.03. The van der Waals surface area contributed by atoms with E-state index < -0.39 is 10.8 Å². The fourth-order valence-electron chi connectivity index (χ4n) is 2.81. The number of rotatable bonds is 3. The van der Waals surface area contributed by atoms with Crippen LogP contribution in [0, 0.1) is 5.82 Å². The van der Waals surface area contributed by atoms with Gasteiger partial charge in [0.1, 0.15) is 11.6 Å². The Morgan fingerprint density at radius 3 is 2.50 bits per heavy atom. The molecule has 1 aliphatic heterocycles. The van der Waals surface area contributed by atoms with Crippen LogP contribution in [0.1, 0.15) is 21.6 Å². The average Bonchev–Trinajstić information content (AvgIpc) is 3.13. The Labute approximate surface area is 156 Å². The van der Waals surface area contributed by atoms with Crippen LogP contribution in [0.15, 0.2) is 48.5 Å². The van der Waals surface area contributed by atoms with Gasteiger partial charge in [-0.25, -0.2) is 9.07 Å². The molecule has 26 heavy (non-hydrogen) atoms. The highest BCUT2D eigenvalue weighted by molar-refractivity contribution is 7.83. The highest BCUT2D eigenvalue weighted by Gasteiger charge is 2.28. The van der Waals surface area contributed by atoms with Gasteiger partial charge in [0.2, 0.25) is 0 Å². The lowest BCUT2D eigenvalue weighted by Crippen LogP contribution is -2.16. The van der Waals surface area contributed by atoms with Crippen molar-refractivity contribution in [2.75, 3.05) is 5.32 Å². The number of aromatic nitrogens is 2. The maximum atomic E-state index is 13.2. The van der Waals surface area contributed by atoms with Gasteiger partial charge >= 0.3 is 0 Å². The number of hydrogen-bond acceptors (Lipinski definition) is 3. The SMILES string of the molecule is O=C(Nc1c2c(nn1-c1ccc(F)cc1)C[S@@](=O)C2)c1ccc(Cl)cc1. The lowest BCUT2D eigenvalue weighted by Gasteiger charge is -2.11. The molecule has 132 valence electrons. The summed E-state index contributed by atoms with van der Waals surface area (Å²) in [6.45, 7) is 0. The Kier molecular flexibility index (Phi) is 4.34. The molecule has 0 saturated carbocycles. The number of nitrogens with zero attached hydrogens (tertiary/aromatic N) is 2. The van der Waals surface area contributed by atoms with E-state index in [1.807, 2.05) is 0 Å². The van der Waals surface area contributed by atoms with Crippen LogP contribution >= 0.6 is 11.6 Å². The topological polar surface area (TPSA) is 64.0 Å². The van der Waals surface area contributed by atoms with Crippen LogP contribution in [0.5, 0.6) is 0 Å². The van der Waals surface area contributed by atoms with Gasteiger partial charge in [-0.3, -0.25) is 9.00 Å². The number of amides is 1. The van der Waals surface area contributed by atoms with Gasteiger partial charge in [-0.2, -0.15) is 5.10 Å². The first-order valence-electron chi connectivity index (χ1n) is 7.80. The molecule has 4 rings (SSSR count). The van der Waals surface area contributed by atoms with E-state index >= 15 is 0 Å². The van der Waals surface area contributed by atoms with Gasteiger partial charge in [0.15, 0.2) is 0 Å². The number of carbonyl (C=O) groups is 1. The Bertz CT molecular complexity index is 1020. The number of halogens is 2. The van der Waals surface area contributed by atoms with E-state index in [1.54, 1.807) is 41.1 Å². The number of fused-ring (bicyclic) bond motifs is 1. The van der Waals surface area contributed by atoms with Crippen molar-refractivity contribution < 1.29 is 13.4 Å². The number of nitrogens with one attached hydrogen (secondary N) is 1. The molecule has 0 aliphatic carbocycles. The molecule has 2 heterocycles. The predicted octanol–water partition coefficient (Wildman–Crippen LogP) is 3.68. The molecule has 1 atom stereocenters. The van der Waals surface area contributed by atoms with Crippen LogP contribution in [0.4, 0.5) is 10.2 Å². The van der Waals surface area contributed by atoms with Crippen molar-refractivity contribution in [3.05, 3.63) is 76.2 Å². The van der Waals surface area contributed by atoms with Crippen LogP contribution < -0.4 is 5.32 Å². The number of hydrogen-bond donors (Lipinski definition) is 1. The summed E-state index contributed by atoms with van der Waals surface area (Å²) in [6.07, 6.45) is 0. The quantitative estimate of drug-likeness (QED) is 0.743. The third-order valence-corrected chi connectivity index (χ3v) is 5.54. The Morgan fingerprint density at radius 1 is 1.12 bits per heavy atom. The third kappa shape index (κ3) is 3.15. The van der Waals surface area contributed by atoms with Gasteiger partial charge in [-0.1, -0.05) is 11.6 Å². The molecule has 2 aromatic carbocycles. The monoisotopic (exact) mass is 389 g/mol. The summed E-state index contributed by atoms with van der Waals surface area (Å²) >= 11 is 5.86. The van der Waals surface area contributed by atoms with E-state index in [-0.39, 0.29) is 11.7 Å². The molecule has 1 aliphatic rings. The van der Waals surface area contributed by atoms with Crippen molar-refractivity contribution in [3.8, 4) is 5.69 Å². The number of anilines is 1. The van der Waals surface area contributed by atoms with Gasteiger partial charge < -0.3 is 5.32 Å². The predicted molar refractivity (Wildman–Crippen MR) is 98.5 cm³/mol. The molecule has 0 spiro atoms. The zero-order valence-corrected chi connectivity index (χ0v) is 15.0. The number of carbonyl (C=O) groups excluding carboxylic acids is 1. The molecular weight excluding hydrogens is 377 g/mol. The van der Waals surface area contributed by atoms with E-state index in [1.165, 1.54) is 12.1 Å². The van der Waals surface area contributed by atoms with Crippen LogP contribution in [0.3, 0.4) is 0 Å². The molecule has 1 aromatic heterocycles. The van der Waals surface area contributed by atoms with E-state index in [2.05, 4.69) is 10.4 Å². The van der Waals surface area contributed by atoms with Gasteiger partial charge in [-0.15, -0.1) is 0 Å². The lowest BCUT2D eigenvalue weighted by atomic mass is 10.2. The van der Waals surface area contributed by atoms with Crippen LogP contribution in [0.2, 0.25) is 5.02 Å². The molecule has 5 nitrogen and oxygen atoms in total. The molecule has 8 heteroatoms. The van der Waals surface area contributed by atoms with Gasteiger partial charge in [0, 0.05) is 26.9 Å². The van der Waals surface area contributed by atoms with E-state index in [0.29, 0.717) is 39.3 Å². The Hall–Kier alpha value is -2.51. The van der Waals surface area contributed by atoms with Crippen molar-refractivity contribution >= 4 is 34.1 Å². The van der Waals surface area contributed by atoms with Crippen LogP contribution in [0.25, 0.3) is 5.69 Å². The van der Waals surface area contributed by atoms with Gasteiger partial charge in [-0.05, 0) is 48.5 Å². The number of benzene rings is 2. The van der Waals surface area contributed by atoms with Crippen molar-refractivity contribution in [2.45, 2.75) is 11.5 Å². The van der Waals surface area contributed by atoms with Gasteiger partial charge in [0.25, 0.3) is 5.91 Å². The second kappa shape index (κ2) is 6.66. The second-order valence-electron chi connectivity index (χ2n) is 5.85. The van der Waals surface area contributed by atoms with Crippen molar-refractivity contribution in [3.63, 3.8) is 0 Å². The van der Waals surface area contributed by atoms with Crippen molar-refractivity contribution in [2.24, 2.45) is 0 Å². The summed E-state index contributed by atoms with van der Waals surface area (Å²) in [5, 5.41) is 7.85. The molecular formula is C18H13ClFN3O2S. The average molecular weight is 390 g/mol. The molecule has 0 radical (unpaired) electrons. The molecule has 0 unspecified atom stereocenters. The zero-order valence-electron chi connectivity index (χ0n) is 13.4. The normalized spacial score (nSPS) is 15.7. The first-order chi connectivity index (χ1) is 12.5. The first kappa shape index (κ1) is 16.9. The lowest BCUT2D eigenvalue weighted by molar-refractivity contribution is 0.102. The summed E-state index contributed by atoms with van der Waals surface area (Å²) in [6, 6.07) is 12.3. The van der Waals surface area contributed by atoms with Crippen LogP contribution in [-0.4, -0.2) is 19.9 Å². The second-order valence-corrected chi connectivity index (χ2v) is 7.75. The Morgan fingerprint density at radius 2 is 1.81 bits per heavy atom. The fourth-order valence-corrected chi connectivity index (χ4v) is 4.20. The summed E-state index contributed by atoms with van der Waals surface area (Å²) in [5.41, 5.74) is 2.47. The molecule has 1 N–H and O–H groups in total. The maximum absolute atomic E-state index is 13.2. The largest absolute Gasteiger partial charge is 0.306 e. The summed E-state index contributed by atoms with van der Waals surface area (Å²) in [4.78, 5) is 12.6. The molecule has 1 amide bonds. The standard InChI is InChI=1S/C18H13ClFN3O2S/c19-12-3-1-11(2-4-12)18(24)21-17-15-9-26(25)10-16(15)22-23(17)14-7-5-13(20)6-8-14/h1-8H,9-10H2,(H,21,24)/t26-/m0/s1. The van der Waals surface area contributed by atoms with Gasteiger partial charge in [0.05, 0.1) is 22.9 Å². The molecule has 0 fully saturated rings. The summed E-state index contributed by atoms with van der Waals surface area (Å²) < 4.78 is 26.7. The molecule has 0 bridgehead atoms. The maximum Gasteiger partial charge on any atom is 0.256 e.